The summed E-state index contributed by atoms with van der Waals surface area (Å²) in [6, 6.07) is 0. The van der Waals surface area contributed by atoms with E-state index in [4.69, 9.17) is 0 Å². The number of halogens is 1. The molecule has 0 saturated heterocycles. The molecular formula is C16H26ClN7O. The van der Waals surface area contributed by atoms with Gasteiger partial charge in [-0.2, -0.15) is 4.98 Å². The first-order valence-electron chi connectivity index (χ1n) is 8.24. The zero-order valence-electron chi connectivity index (χ0n) is 15.1. The highest BCUT2D eigenvalue weighted by Crippen LogP contribution is 2.30. The zero-order valence-corrected chi connectivity index (χ0v) is 15.9. The molecule has 1 aliphatic rings. The fraction of sp³-hybridized carbons (Fsp3) is 0.625. The number of anilines is 3. The number of fused-ring (bicyclic) bond motifs is 1. The third-order valence-corrected chi connectivity index (χ3v) is 3.81. The summed E-state index contributed by atoms with van der Waals surface area (Å²) in [5.74, 6) is 2.65. The Labute approximate surface area is 153 Å². The highest BCUT2D eigenvalue weighted by molar-refractivity contribution is 5.93. The van der Waals surface area contributed by atoms with Crippen molar-refractivity contribution < 1.29 is 5.11 Å². The highest BCUT2D eigenvalue weighted by atomic mass is 35.5. The molecule has 0 radical (unpaired) electrons. The zero-order chi connectivity index (χ0) is 17.3. The second-order valence-electron chi connectivity index (χ2n) is 7.18. The standard InChI is InChI=1S/C16H25N7O.ClH/c1-16(2,24)8-18-13-12-11(19-9-20-13)14(17-7-10-5-6-10)22-15(21-12)23(3)4;/h9-10,24H,5-8H2,1-4H3,(H,17,21,22)(H,18,19,20);1H. The van der Waals surface area contributed by atoms with Crippen molar-refractivity contribution in [2.45, 2.75) is 32.3 Å². The van der Waals surface area contributed by atoms with Gasteiger partial charge in [0, 0.05) is 27.2 Å². The molecule has 0 unspecified atom stereocenters. The summed E-state index contributed by atoms with van der Waals surface area (Å²) in [6.45, 7) is 4.75. The molecule has 2 aromatic heterocycles. The molecule has 0 aliphatic heterocycles. The predicted octanol–water partition coefficient (Wildman–Crippen LogP) is 1.91. The lowest BCUT2D eigenvalue weighted by Crippen LogP contribution is -2.29. The van der Waals surface area contributed by atoms with Crippen LogP contribution in [0.5, 0.6) is 0 Å². The summed E-state index contributed by atoms with van der Waals surface area (Å²) >= 11 is 0. The Morgan fingerprint density at radius 2 is 1.84 bits per heavy atom. The Morgan fingerprint density at radius 3 is 2.44 bits per heavy atom. The quantitative estimate of drug-likeness (QED) is 0.682. The second-order valence-corrected chi connectivity index (χ2v) is 7.18. The summed E-state index contributed by atoms with van der Waals surface area (Å²) in [5.41, 5.74) is 0.495. The van der Waals surface area contributed by atoms with Crippen LogP contribution in [0, 0.1) is 5.92 Å². The fourth-order valence-electron chi connectivity index (χ4n) is 2.25. The largest absolute Gasteiger partial charge is 0.389 e. The average Bonchev–Trinajstić information content (AvgIpc) is 3.33. The van der Waals surface area contributed by atoms with Crippen molar-refractivity contribution in [2.75, 3.05) is 42.7 Å². The molecule has 0 amide bonds. The molecule has 9 heteroatoms. The number of rotatable bonds is 7. The summed E-state index contributed by atoms with van der Waals surface area (Å²) in [6.07, 6.45) is 4.03. The lowest BCUT2D eigenvalue weighted by atomic mass is 10.1. The van der Waals surface area contributed by atoms with Crippen LogP contribution in [0.1, 0.15) is 26.7 Å². The smallest absolute Gasteiger partial charge is 0.227 e. The minimum absolute atomic E-state index is 0. The summed E-state index contributed by atoms with van der Waals surface area (Å²) in [4.78, 5) is 19.7. The van der Waals surface area contributed by atoms with Crippen LogP contribution in [0.3, 0.4) is 0 Å². The van der Waals surface area contributed by atoms with E-state index in [2.05, 4.69) is 30.6 Å². The van der Waals surface area contributed by atoms with Crippen molar-refractivity contribution >= 4 is 41.0 Å². The maximum atomic E-state index is 9.94. The molecule has 3 N–H and O–H groups in total. The van der Waals surface area contributed by atoms with E-state index >= 15 is 0 Å². The van der Waals surface area contributed by atoms with Crippen LogP contribution in [0.25, 0.3) is 11.0 Å². The molecule has 1 aliphatic carbocycles. The molecule has 138 valence electrons. The van der Waals surface area contributed by atoms with Crippen LogP contribution in [0.4, 0.5) is 17.6 Å². The van der Waals surface area contributed by atoms with Crippen molar-refractivity contribution in [3.63, 3.8) is 0 Å². The number of aromatic nitrogens is 4. The molecular weight excluding hydrogens is 342 g/mol. The van der Waals surface area contributed by atoms with Gasteiger partial charge in [-0.1, -0.05) is 0 Å². The van der Waals surface area contributed by atoms with Crippen molar-refractivity contribution in [1.82, 2.24) is 19.9 Å². The van der Waals surface area contributed by atoms with E-state index in [0.717, 1.165) is 18.3 Å². The normalized spacial score (nSPS) is 14.1. The molecule has 2 heterocycles. The summed E-state index contributed by atoms with van der Waals surface area (Å²) < 4.78 is 0. The highest BCUT2D eigenvalue weighted by Gasteiger charge is 2.22. The van der Waals surface area contributed by atoms with Gasteiger partial charge >= 0.3 is 0 Å². The van der Waals surface area contributed by atoms with Crippen LogP contribution in [-0.4, -0.2) is 57.8 Å². The predicted molar refractivity (Wildman–Crippen MR) is 103 cm³/mol. The van der Waals surface area contributed by atoms with Crippen LogP contribution >= 0.6 is 12.4 Å². The second kappa shape index (κ2) is 7.53. The van der Waals surface area contributed by atoms with Gasteiger partial charge in [-0.25, -0.2) is 15.0 Å². The Hall–Kier alpha value is -1.93. The van der Waals surface area contributed by atoms with E-state index in [1.165, 1.54) is 19.2 Å². The van der Waals surface area contributed by atoms with E-state index in [0.29, 0.717) is 29.3 Å². The average molecular weight is 368 g/mol. The van der Waals surface area contributed by atoms with Crippen molar-refractivity contribution in [3.8, 4) is 0 Å². The molecule has 2 aromatic rings. The van der Waals surface area contributed by atoms with Gasteiger partial charge in [-0.15, -0.1) is 12.4 Å². The number of hydrogen-bond donors (Lipinski definition) is 3. The van der Waals surface area contributed by atoms with Gasteiger partial charge in [0.2, 0.25) is 5.95 Å². The number of nitrogens with one attached hydrogen (secondary N) is 2. The Bertz CT molecular complexity index is 728. The molecule has 0 atom stereocenters. The molecule has 0 spiro atoms. The van der Waals surface area contributed by atoms with Crippen molar-refractivity contribution in [1.29, 1.82) is 0 Å². The topological polar surface area (TPSA) is 99.1 Å². The lowest BCUT2D eigenvalue weighted by molar-refractivity contribution is 0.0944. The van der Waals surface area contributed by atoms with Gasteiger partial charge in [-0.05, 0) is 32.6 Å². The molecule has 1 saturated carbocycles. The maximum Gasteiger partial charge on any atom is 0.227 e. The Kier molecular flexibility index (Phi) is 5.84. The Balaban J connectivity index is 0.00000225. The van der Waals surface area contributed by atoms with Crippen LogP contribution in [0.15, 0.2) is 6.33 Å². The molecule has 25 heavy (non-hydrogen) atoms. The van der Waals surface area contributed by atoms with E-state index in [-0.39, 0.29) is 12.4 Å². The van der Waals surface area contributed by atoms with Gasteiger partial charge in [-0.3, -0.25) is 0 Å². The van der Waals surface area contributed by atoms with E-state index in [9.17, 15) is 5.11 Å². The third kappa shape index (κ3) is 5.02. The van der Waals surface area contributed by atoms with Gasteiger partial charge in [0.05, 0.1) is 5.60 Å². The molecule has 1 fully saturated rings. The minimum Gasteiger partial charge on any atom is -0.389 e. The number of aliphatic hydroxyl groups is 1. The van der Waals surface area contributed by atoms with Gasteiger partial charge in [0.1, 0.15) is 17.4 Å². The van der Waals surface area contributed by atoms with Gasteiger partial charge in [0.25, 0.3) is 0 Å². The molecule has 0 bridgehead atoms. The molecule has 0 aromatic carbocycles. The van der Waals surface area contributed by atoms with Gasteiger partial charge in [0.15, 0.2) is 11.6 Å². The minimum atomic E-state index is -0.846. The van der Waals surface area contributed by atoms with Crippen molar-refractivity contribution in [3.05, 3.63) is 6.33 Å². The maximum absolute atomic E-state index is 9.94. The SMILES string of the molecule is CN(C)c1nc(NCC2CC2)c2ncnc(NCC(C)(C)O)c2n1.Cl. The van der Waals surface area contributed by atoms with Crippen LogP contribution in [-0.2, 0) is 0 Å². The summed E-state index contributed by atoms with van der Waals surface area (Å²) in [5, 5.41) is 16.5. The van der Waals surface area contributed by atoms with Crippen LogP contribution < -0.4 is 15.5 Å². The van der Waals surface area contributed by atoms with Gasteiger partial charge < -0.3 is 20.6 Å². The van der Waals surface area contributed by atoms with E-state index in [1.807, 2.05) is 19.0 Å². The molecule has 8 nitrogen and oxygen atoms in total. The summed E-state index contributed by atoms with van der Waals surface area (Å²) in [7, 11) is 3.80. The number of nitrogens with zero attached hydrogens (tertiary/aromatic N) is 5. The van der Waals surface area contributed by atoms with Crippen LogP contribution in [0.2, 0.25) is 0 Å². The first kappa shape index (κ1) is 19.4. The molecule has 3 rings (SSSR count). The Morgan fingerprint density at radius 1 is 1.12 bits per heavy atom. The first-order chi connectivity index (χ1) is 11.3. The van der Waals surface area contributed by atoms with E-state index < -0.39 is 5.60 Å². The number of hydrogen-bond acceptors (Lipinski definition) is 8. The fourth-order valence-corrected chi connectivity index (χ4v) is 2.25. The third-order valence-electron chi connectivity index (χ3n) is 3.81. The monoisotopic (exact) mass is 367 g/mol. The van der Waals surface area contributed by atoms with E-state index in [1.54, 1.807) is 13.8 Å². The van der Waals surface area contributed by atoms with Crippen molar-refractivity contribution in [2.24, 2.45) is 5.92 Å². The first-order valence-corrected chi connectivity index (χ1v) is 8.24. The lowest BCUT2D eigenvalue weighted by Gasteiger charge is -2.19.